The highest BCUT2D eigenvalue weighted by Crippen LogP contribution is 2.23. The Kier molecular flexibility index (Phi) is 6.68. The maximum atomic E-state index is 12.0. The summed E-state index contributed by atoms with van der Waals surface area (Å²) in [6, 6.07) is 0. The van der Waals surface area contributed by atoms with Crippen LogP contribution >= 0.6 is 0 Å². The Bertz CT molecular complexity index is 380. The summed E-state index contributed by atoms with van der Waals surface area (Å²) in [5.41, 5.74) is 0. The van der Waals surface area contributed by atoms with Gasteiger partial charge in [0.25, 0.3) is 0 Å². The Morgan fingerprint density at radius 3 is 2.59 bits per heavy atom. The molecule has 2 aliphatic rings. The van der Waals surface area contributed by atoms with E-state index in [1.165, 1.54) is 32.1 Å². The molecule has 1 heterocycles. The second kappa shape index (κ2) is 8.51. The molecule has 1 saturated carbocycles. The predicted octanol–water partition coefficient (Wildman–Crippen LogP) is 2.12. The number of carbonyl (C=O) groups excluding carboxylic acids is 1. The molecule has 5 nitrogen and oxygen atoms in total. The molecule has 1 aliphatic carbocycles. The van der Waals surface area contributed by atoms with Crippen LogP contribution in [0, 0.1) is 17.8 Å². The second-order valence-electron chi connectivity index (χ2n) is 7.19. The lowest BCUT2D eigenvalue weighted by Crippen LogP contribution is -2.44. The first-order valence-electron chi connectivity index (χ1n) is 8.76. The Morgan fingerprint density at radius 2 is 1.91 bits per heavy atom. The number of piperidine rings is 1. The molecule has 0 aromatic rings. The molecule has 2 rings (SSSR count). The number of hydrogen-bond acceptors (Lipinski definition) is 3. The zero-order chi connectivity index (χ0) is 15.9. The number of hydrogen-bond donors (Lipinski definition) is 2. The summed E-state index contributed by atoms with van der Waals surface area (Å²) in [7, 11) is 0. The summed E-state index contributed by atoms with van der Waals surface area (Å²) < 4.78 is 0. The first-order chi connectivity index (χ1) is 10.5. The third kappa shape index (κ3) is 5.59. The van der Waals surface area contributed by atoms with Gasteiger partial charge in [0.15, 0.2) is 0 Å². The highest BCUT2D eigenvalue weighted by molar-refractivity contribution is 5.76. The lowest BCUT2D eigenvalue weighted by Gasteiger charge is -2.34. The maximum absolute atomic E-state index is 12.0. The van der Waals surface area contributed by atoms with E-state index in [0.29, 0.717) is 31.3 Å². The van der Waals surface area contributed by atoms with E-state index >= 15 is 0 Å². The number of carboxylic acid groups (broad SMARTS) is 1. The van der Waals surface area contributed by atoms with Crippen molar-refractivity contribution in [3.63, 3.8) is 0 Å². The minimum absolute atomic E-state index is 0.107. The first kappa shape index (κ1) is 17.3. The van der Waals surface area contributed by atoms with E-state index < -0.39 is 5.97 Å². The van der Waals surface area contributed by atoms with E-state index in [-0.39, 0.29) is 11.8 Å². The maximum Gasteiger partial charge on any atom is 0.307 e. The number of aliphatic carboxylic acids is 1. The van der Waals surface area contributed by atoms with Crippen LogP contribution in [-0.2, 0) is 9.59 Å². The standard InChI is InChI=1S/C17H30N2O3/c1-13-9-15(17(21)22)12-19(11-13)8-7-16(20)18-10-14-5-3-2-4-6-14/h13-15H,2-12H2,1H3,(H,18,20)(H,21,22). The molecule has 2 atom stereocenters. The summed E-state index contributed by atoms with van der Waals surface area (Å²) in [5.74, 6) is 0.160. The molecule has 0 bridgehead atoms. The fraction of sp³-hybridized carbons (Fsp3) is 0.882. The average Bonchev–Trinajstić information content (AvgIpc) is 2.51. The van der Waals surface area contributed by atoms with Gasteiger partial charge in [0.1, 0.15) is 0 Å². The van der Waals surface area contributed by atoms with Crippen molar-refractivity contribution < 1.29 is 14.7 Å². The van der Waals surface area contributed by atoms with Crippen molar-refractivity contribution in [2.75, 3.05) is 26.2 Å². The predicted molar refractivity (Wildman–Crippen MR) is 85.5 cm³/mol. The van der Waals surface area contributed by atoms with Gasteiger partial charge in [-0.25, -0.2) is 0 Å². The Hall–Kier alpha value is -1.10. The van der Waals surface area contributed by atoms with Crippen molar-refractivity contribution in [1.82, 2.24) is 10.2 Å². The summed E-state index contributed by atoms with van der Waals surface area (Å²) in [6.07, 6.45) is 7.63. The fourth-order valence-electron chi connectivity index (χ4n) is 3.82. The van der Waals surface area contributed by atoms with Gasteiger partial charge < -0.3 is 15.3 Å². The van der Waals surface area contributed by atoms with Crippen molar-refractivity contribution in [1.29, 1.82) is 0 Å². The number of nitrogens with zero attached hydrogens (tertiary/aromatic N) is 1. The van der Waals surface area contributed by atoms with Gasteiger partial charge in [-0.2, -0.15) is 0 Å². The summed E-state index contributed by atoms with van der Waals surface area (Å²) >= 11 is 0. The molecule has 2 unspecified atom stereocenters. The highest BCUT2D eigenvalue weighted by atomic mass is 16.4. The van der Waals surface area contributed by atoms with Gasteiger partial charge in [-0.3, -0.25) is 9.59 Å². The van der Waals surface area contributed by atoms with Crippen molar-refractivity contribution in [3.8, 4) is 0 Å². The van der Waals surface area contributed by atoms with Gasteiger partial charge in [0.05, 0.1) is 5.92 Å². The largest absolute Gasteiger partial charge is 0.481 e. The molecule has 1 amide bonds. The number of carboxylic acids is 1. The third-order valence-electron chi connectivity index (χ3n) is 5.05. The van der Waals surface area contributed by atoms with Crippen LogP contribution in [0.4, 0.5) is 0 Å². The van der Waals surface area contributed by atoms with Gasteiger partial charge >= 0.3 is 5.97 Å². The molecule has 22 heavy (non-hydrogen) atoms. The molecular weight excluding hydrogens is 280 g/mol. The molecule has 5 heteroatoms. The van der Waals surface area contributed by atoms with Crippen LogP contribution in [0.3, 0.4) is 0 Å². The first-order valence-corrected chi connectivity index (χ1v) is 8.76. The molecule has 126 valence electrons. The zero-order valence-electron chi connectivity index (χ0n) is 13.7. The van der Waals surface area contributed by atoms with Crippen molar-refractivity contribution >= 4 is 11.9 Å². The van der Waals surface area contributed by atoms with Crippen LogP contribution in [0.25, 0.3) is 0 Å². The molecular formula is C17H30N2O3. The van der Waals surface area contributed by atoms with E-state index in [9.17, 15) is 14.7 Å². The van der Waals surface area contributed by atoms with Crippen molar-refractivity contribution in [2.24, 2.45) is 17.8 Å². The number of amides is 1. The Labute approximate surface area is 133 Å². The van der Waals surface area contributed by atoms with Gasteiger partial charge in [0.2, 0.25) is 5.91 Å². The minimum Gasteiger partial charge on any atom is -0.481 e. The van der Waals surface area contributed by atoms with E-state index in [4.69, 9.17) is 0 Å². The van der Waals surface area contributed by atoms with Gasteiger partial charge in [-0.1, -0.05) is 26.2 Å². The van der Waals surface area contributed by atoms with Crippen LogP contribution in [0.1, 0.15) is 51.9 Å². The molecule has 1 aliphatic heterocycles. The number of likely N-dealkylation sites (tertiary alicyclic amines) is 1. The molecule has 0 spiro atoms. The second-order valence-corrected chi connectivity index (χ2v) is 7.19. The monoisotopic (exact) mass is 310 g/mol. The van der Waals surface area contributed by atoms with E-state index in [1.807, 2.05) is 0 Å². The number of nitrogens with one attached hydrogen (secondary N) is 1. The smallest absolute Gasteiger partial charge is 0.307 e. The van der Waals surface area contributed by atoms with Crippen molar-refractivity contribution in [3.05, 3.63) is 0 Å². The van der Waals surface area contributed by atoms with E-state index in [0.717, 1.165) is 19.5 Å². The van der Waals surface area contributed by atoms with Gasteiger partial charge in [-0.15, -0.1) is 0 Å². The van der Waals surface area contributed by atoms with E-state index in [1.54, 1.807) is 0 Å². The Morgan fingerprint density at radius 1 is 1.18 bits per heavy atom. The molecule has 0 aromatic heterocycles. The van der Waals surface area contributed by atoms with Gasteiger partial charge in [0, 0.05) is 32.6 Å². The average molecular weight is 310 g/mol. The van der Waals surface area contributed by atoms with Crippen LogP contribution in [-0.4, -0.2) is 48.1 Å². The normalized spacial score (nSPS) is 27.5. The van der Waals surface area contributed by atoms with Gasteiger partial charge in [-0.05, 0) is 31.1 Å². The topological polar surface area (TPSA) is 69.6 Å². The Balaban J connectivity index is 1.65. The summed E-state index contributed by atoms with van der Waals surface area (Å²) in [5, 5.41) is 12.2. The molecule has 0 radical (unpaired) electrons. The lowest BCUT2D eigenvalue weighted by molar-refractivity contribution is -0.144. The quantitative estimate of drug-likeness (QED) is 0.788. The van der Waals surface area contributed by atoms with Crippen LogP contribution in [0.2, 0.25) is 0 Å². The van der Waals surface area contributed by atoms with Crippen LogP contribution in [0.5, 0.6) is 0 Å². The zero-order valence-corrected chi connectivity index (χ0v) is 13.7. The molecule has 2 fully saturated rings. The van der Waals surface area contributed by atoms with Crippen molar-refractivity contribution in [2.45, 2.75) is 51.9 Å². The van der Waals surface area contributed by atoms with Crippen LogP contribution in [0.15, 0.2) is 0 Å². The lowest BCUT2D eigenvalue weighted by atomic mass is 9.89. The highest BCUT2D eigenvalue weighted by Gasteiger charge is 2.29. The summed E-state index contributed by atoms with van der Waals surface area (Å²) in [4.78, 5) is 25.3. The third-order valence-corrected chi connectivity index (χ3v) is 5.05. The van der Waals surface area contributed by atoms with E-state index in [2.05, 4.69) is 17.1 Å². The van der Waals surface area contributed by atoms with Crippen LogP contribution < -0.4 is 5.32 Å². The molecule has 1 saturated heterocycles. The molecule has 2 N–H and O–H groups in total. The number of carbonyl (C=O) groups is 2. The molecule has 0 aromatic carbocycles. The summed E-state index contributed by atoms with van der Waals surface area (Å²) in [6.45, 7) is 5.05. The number of rotatable bonds is 6. The SMILES string of the molecule is CC1CC(C(=O)O)CN(CCC(=O)NCC2CCCCC2)C1. The minimum atomic E-state index is -0.710. The fourth-order valence-corrected chi connectivity index (χ4v) is 3.82.